The maximum atomic E-state index is 11.3. The number of nitriles is 1. The summed E-state index contributed by atoms with van der Waals surface area (Å²) in [4.78, 5) is 11.3. The third-order valence-electron chi connectivity index (χ3n) is 3.64. The van der Waals surface area contributed by atoms with Crippen LogP contribution in [0.1, 0.15) is 16.8 Å². The molecular formula is C19H15N3O. The molecule has 0 atom stereocenters. The molecule has 2 aromatic carbocycles. The maximum absolute atomic E-state index is 11.3. The van der Waals surface area contributed by atoms with E-state index in [1.807, 2.05) is 42.5 Å². The molecule has 0 saturated carbocycles. The first-order chi connectivity index (χ1) is 11.3. The van der Waals surface area contributed by atoms with Crippen LogP contribution in [-0.2, 0) is 6.54 Å². The van der Waals surface area contributed by atoms with E-state index in [-0.39, 0.29) is 0 Å². The van der Waals surface area contributed by atoms with Crippen LogP contribution in [0.25, 0.3) is 22.4 Å². The fraction of sp³-hybridized carbons (Fsp3) is 0.105. The molecule has 4 nitrogen and oxygen atoms in total. The van der Waals surface area contributed by atoms with Crippen molar-refractivity contribution in [3.05, 3.63) is 66.4 Å². The van der Waals surface area contributed by atoms with Crippen LogP contribution in [0.4, 0.5) is 0 Å². The van der Waals surface area contributed by atoms with Gasteiger partial charge in [0.2, 0.25) is 0 Å². The smallest absolute Gasteiger partial charge is 0.153 e. The molecule has 0 fully saturated rings. The first-order valence-electron chi connectivity index (χ1n) is 7.37. The summed E-state index contributed by atoms with van der Waals surface area (Å²) >= 11 is 0. The van der Waals surface area contributed by atoms with Crippen LogP contribution in [0.3, 0.4) is 0 Å². The van der Waals surface area contributed by atoms with Crippen molar-refractivity contribution in [2.45, 2.75) is 13.0 Å². The minimum atomic E-state index is 0.367. The summed E-state index contributed by atoms with van der Waals surface area (Å²) in [7, 11) is 0. The van der Waals surface area contributed by atoms with Gasteiger partial charge in [-0.3, -0.25) is 9.48 Å². The molecule has 23 heavy (non-hydrogen) atoms. The molecule has 0 aliphatic rings. The molecule has 0 spiro atoms. The molecule has 3 aromatic rings. The zero-order valence-corrected chi connectivity index (χ0v) is 12.5. The van der Waals surface area contributed by atoms with E-state index in [1.54, 1.807) is 10.9 Å². The number of hydrogen-bond acceptors (Lipinski definition) is 3. The Hall–Kier alpha value is -3.19. The van der Waals surface area contributed by atoms with E-state index in [2.05, 4.69) is 23.3 Å². The highest BCUT2D eigenvalue weighted by Gasteiger charge is 2.10. The van der Waals surface area contributed by atoms with Crippen molar-refractivity contribution in [3.63, 3.8) is 0 Å². The van der Waals surface area contributed by atoms with Crippen molar-refractivity contribution in [3.8, 4) is 28.5 Å². The van der Waals surface area contributed by atoms with Gasteiger partial charge in [-0.1, -0.05) is 54.6 Å². The number of rotatable bonds is 5. The molecule has 0 saturated heterocycles. The summed E-state index contributed by atoms with van der Waals surface area (Å²) in [5, 5.41) is 13.1. The Kier molecular flexibility index (Phi) is 4.30. The summed E-state index contributed by atoms with van der Waals surface area (Å²) in [5.74, 6) is 0. The number of carbonyl (C=O) groups is 1. The zero-order chi connectivity index (χ0) is 16.1. The molecule has 1 aromatic heterocycles. The van der Waals surface area contributed by atoms with Gasteiger partial charge in [0.1, 0.15) is 5.69 Å². The lowest BCUT2D eigenvalue weighted by molar-refractivity contribution is 0.112. The van der Waals surface area contributed by atoms with Gasteiger partial charge in [-0.05, 0) is 11.1 Å². The molecule has 3 rings (SSSR count). The molecule has 0 radical (unpaired) electrons. The van der Waals surface area contributed by atoms with Crippen LogP contribution < -0.4 is 0 Å². The van der Waals surface area contributed by atoms with Gasteiger partial charge in [-0.15, -0.1) is 0 Å². The van der Waals surface area contributed by atoms with Crippen molar-refractivity contribution in [1.82, 2.24) is 9.78 Å². The van der Waals surface area contributed by atoms with Gasteiger partial charge in [0.25, 0.3) is 0 Å². The van der Waals surface area contributed by atoms with Crippen LogP contribution in [0.2, 0.25) is 0 Å². The van der Waals surface area contributed by atoms with Crippen LogP contribution in [-0.4, -0.2) is 16.1 Å². The maximum Gasteiger partial charge on any atom is 0.153 e. The Morgan fingerprint density at radius 3 is 2.30 bits per heavy atom. The van der Waals surface area contributed by atoms with Gasteiger partial charge in [0.05, 0.1) is 24.6 Å². The van der Waals surface area contributed by atoms with Crippen LogP contribution in [0.5, 0.6) is 0 Å². The average molecular weight is 301 g/mol. The molecule has 0 unspecified atom stereocenters. The van der Waals surface area contributed by atoms with Gasteiger partial charge in [0, 0.05) is 11.8 Å². The summed E-state index contributed by atoms with van der Waals surface area (Å²) < 4.78 is 1.65. The Morgan fingerprint density at radius 1 is 1.00 bits per heavy atom. The van der Waals surface area contributed by atoms with E-state index in [4.69, 9.17) is 5.26 Å². The molecular weight excluding hydrogens is 286 g/mol. The Labute approximate surface area is 134 Å². The largest absolute Gasteiger partial charge is 0.298 e. The topological polar surface area (TPSA) is 58.7 Å². The number of hydrogen-bond donors (Lipinski definition) is 0. The lowest BCUT2D eigenvalue weighted by atomic mass is 10.0. The number of aryl methyl sites for hydroxylation is 1. The molecule has 0 aliphatic carbocycles. The minimum Gasteiger partial charge on any atom is -0.298 e. The SMILES string of the molecule is N#CCCn1cc(C=O)c(-c2ccc(-c3ccccc3)cc2)n1. The zero-order valence-electron chi connectivity index (χ0n) is 12.5. The van der Waals surface area contributed by atoms with E-state index in [0.29, 0.717) is 24.2 Å². The van der Waals surface area contributed by atoms with E-state index in [9.17, 15) is 4.79 Å². The van der Waals surface area contributed by atoms with Gasteiger partial charge >= 0.3 is 0 Å². The van der Waals surface area contributed by atoms with Gasteiger partial charge in [-0.25, -0.2) is 0 Å². The molecule has 0 N–H and O–H groups in total. The quantitative estimate of drug-likeness (QED) is 0.671. The average Bonchev–Trinajstić information content (AvgIpc) is 3.04. The molecule has 0 aliphatic heterocycles. The highest BCUT2D eigenvalue weighted by molar-refractivity contribution is 5.85. The Morgan fingerprint density at radius 2 is 1.65 bits per heavy atom. The van der Waals surface area contributed by atoms with Gasteiger partial charge in [0.15, 0.2) is 6.29 Å². The molecule has 1 heterocycles. The fourth-order valence-corrected chi connectivity index (χ4v) is 2.48. The predicted octanol–water partition coefficient (Wildman–Crippen LogP) is 3.94. The van der Waals surface area contributed by atoms with E-state index in [0.717, 1.165) is 23.0 Å². The van der Waals surface area contributed by atoms with Crippen LogP contribution in [0.15, 0.2) is 60.8 Å². The first-order valence-corrected chi connectivity index (χ1v) is 7.37. The standard InChI is InChI=1S/C19H15N3O/c20-11-4-12-22-13-18(14-23)19(21-22)17-9-7-16(8-10-17)15-5-2-1-3-6-15/h1-3,5-10,13-14H,4,12H2. The Bertz CT molecular complexity index is 843. The van der Waals surface area contributed by atoms with E-state index < -0.39 is 0 Å². The highest BCUT2D eigenvalue weighted by Crippen LogP contribution is 2.25. The van der Waals surface area contributed by atoms with Crippen LogP contribution >= 0.6 is 0 Å². The molecule has 0 bridgehead atoms. The number of aromatic nitrogens is 2. The number of aldehydes is 1. The van der Waals surface area contributed by atoms with Crippen molar-refractivity contribution in [2.75, 3.05) is 0 Å². The van der Waals surface area contributed by atoms with Gasteiger partial charge in [-0.2, -0.15) is 10.4 Å². The second kappa shape index (κ2) is 6.71. The van der Waals surface area contributed by atoms with Crippen molar-refractivity contribution in [2.24, 2.45) is 0 Å². The summed E-state index contributed by atoms with van der Waals surface area (Å²) in [6.45, 7) is 0.486. The highest BCUT2D eigenvalue weighted by atomic mass is 16.1. The number of benzene rings is 2. The van der Waals surface area contributed by atoms with Crippen molar-refractivity contribution >= 4 is 6.29 Å². The monoisotopic (exact) mass is 301 g/mol. The van der Waals surface area contributed by atoms with E-state index in [1.165, 1.54) is 0 Å². The molecule has 112 valence electrons. The fourth-order valence-electron chi connectivity index (χ4n) is 2.48. The van der Waals surface area contributed by atoms with Crippen molar-refractivity contribution < 1.29 is 4.79 Å². The van der Waals surface area contributed by atoms with Gasteiger partial charge < -0.3 is 0 Å². The summed E-state index contributed by atoms with van der Waals surface area (Å²) in [6, 6.07) is 20.2. The second-order valence-corrected chi connectivity index (χ2v) is 5.17. The number of nitrogens with zero attached hydrogens (tertiary/aromatic N) is 3. The summed E-state index contributed by atoms with van der Waals surface area (Å²) in [6.07, 6.45) is 2.85. The van der Waals surface area contributed by atoms with Crippen LogP contribution in [0, 0.1) is 11.3 Å². The third kappa shape index (κ3) is 3.19. The van der Waals surface area contributed by atoms with E-state index >= 15 is 0 Å². The second-order valence-electron chi connectivity index (χ2n) is 5.17. The van der Waals surface area contributed by atoms with Crippen molar-refractivity contribution in [1.29, 1.82) is 5.26 Å². The number of carbonyl (C=O) groups excluding carboxylic acids is 1. The lowest BCUT2D eigenvalue weighted by Crippen LogP contribution is -1.97. The molecule has 0 amide bonds. The first kappa shape index (κ1) is 14.7. The summed E-state index contributed by atoms with van der Waals surface area (Å²) in [5.41, 5.74) is 4.34. The molecule has 4 heteroatoms. The minimum absolute atomic E-state index is 0.367. The Balaban J connectivity index is 1.91. The lowest BCUT2D eigenvalue weighted by Gasteiger charge is -2.03. The predicted molar refractivity (Wildman–Crippen MR) is 88.7 cm³/mol. The normalized spacial score (nSPS) is 10.2. The third-order valence-corrected chi connectivity index (χ3v) is 3.64.